The number of amides is 2. The molecule has 4 heteroatoms. The minimum Gasteiger partial charge on any atom is -0.208 e. The highest BCUT2D eigenvalue weighted by molar-refractivity contribution is 5.66. The third-order valence-electron chi connectivity index (χ3n) is 1.11. The van der Waals surface area contributed by atoms with Crippen LogP contribution in [-0.2, 0) is 0 Å². The molecule has 0 aliphatic carbocycles. The number of carbonyl (C=O) groups excluding carboxylic acids is 1. The van der Waals surface area contributed by atoms with Crippen LogP contribution in [-0.4, -0.2) is 23.4 Å². The summed E-state index contributed by atoms with van der Waals surface area (Å²) in [6, 6.07) is -0.139. The molecule has 0 radical (unpaired) electrons. The minimum atomic E-state index is -0.411. The van der Waals surface area contributed by atoms with Crippen molar-refractivity contribution >= 4 is 6.03 Å². The molecule has 0 fully saturated rings. The van der Waals surface area contributed by atoms with Crippen molar-refractivity contribution < 1.29 is 9.49 Å². The lowest BCUT2D eigenvalue weighted by molar-refractivity contribution is -0.460. The Morgan fingerprint density at radius 3 is 2.33 bits per heavy atom. The SMILES string of the molecule is C[N+]1=NC(C)(C)NC1=O. The molecule has 0 saturated heterocycles. The lowest BCUT2D eigenvalue weighted by Gasteiger charge is -2.01. The molecule has 0 aromatic rings. The van der Waals surface area contributed by atoms with Gasteiger partial charge >= 0.3 is 6.03 Å². The molecule has 50 valence electrons. The largest absolute Gasteiger partial charge is 0.513 e. The predicted octanol–water partition coefficient (Wildman–Crippen LogP) is 0.540. The summed E-state index contributed by atoms with van der Waals surface area (Å²) in [5.41, 5.74) is -0.411. The van der Waals surface area contributed by atoms with Gasteiger partial charge in [0.1, 0.15) is 7.05 Å². The van der Waals surface area contributed by atoms with Crippen LogP contribution in [0.5, 0.6) is 0 Å². The van der Waals surface area contributed by atoms with Gasteiger partial charge in [0.05, 0.1) is 0 Å². The molecule has 0 saturated carbocycles. The van der Waals surface area contributed by atoms with E-state index in [1.54, 1.807) is 7.05 Å². The Labute approximate surface area is 53.6 Å². The molecule has 9 heavy (non-hydrogen) atoms. The molecule has 0 aromatic heterocycles. The quantitative estimate of drug-likeness (QED) is 0.475. The molecule has 2 amide bonds. The van der Waals surface area contributed by atoms with Gasteiger partial charge in [0, 0.05) is 13.8 Å². The maximum atomic E-state index is 10.7. The Kier molecular flexibility index (Phi) is 1.05. The van der Waals surface area contributed by atoms with Gasteiger partial charge in [0.25, 0.3) is 0 Å². The van der Waals surface area contributed by atoms with E-state index in [1.807, 2.05) is 13.8 Å². The van der Waals surface area contributed by atoms with Gasteiger partial charge in [-0.2, -0.15) is 4.79 Å². The third kappa shape index (κ3) is 1.06. The lowest BCUT2D eigenvalue weighted by Crippen LogP contribution is -2.35. The first-order valence-corrected chi connectivity index (χ1v) is 2.80. The molecule has 1 aliphatic rings. The van der Waals surface area contributed by atoms with Gasteiger partial charge in [0.15, 0.2) is 0 Å². The van der Waals surface area contributed by atoms with E-state index < -0.39 is 5.66 Å². The third-order valence-corrected chi connectivity index (χ3v) is 1.11. The molecule has 1 aliphatic heterocycles. The van der Waals surface area contributed by atoms with E-state index in [1.165, 1.54) is 4.70 Å². The van der Waals surface area contributed by atoms with E-state index in [0.29, 0.717) is 0 Å². The maximum Gasteiger partial charge on any atom is 0.513 e. The van der Waals surface area contributed by atoms with Crippen LogP contribution in [0.25, 0.3) is 0 Å². The number of hydrogen-bond acceptors (Lipinski definition) is 2. The molecular weight excluding hydrogens is 118 g/mol. The Morgan fingerprint density at radius 2 is 2.22 bits per heavy atom. The van der Waals surface area contributed by atoms with Crippen LogP contribution in [0.3, 0.4) is 0 Å². The number of nitrogens with zero attached hydrogens (tertiary/aromatic N) is 2. The molecular formula is C5H10N3O+. The first kappa shape index (κ1) is 6.19. The predicted molar refractivity (Wildman–Crippen MR) is 31.2 cm³/mol. The molecule has 1 heterocycles. The average Bonchev–Trinajstić information content (AvgIpc) is 1.79. The summed E-state index contributed by atoms with van der Waals surface area (Å²) >= 11 is 0. The number of nitrogens with one attached hydrogen (secondary N) is 1. The topological polar surface area (TPSA) is 44.5 Å². The Morgan fingerprint density at radius 1 is 1.67 bits per heavy atom. The van der Waals surface area contributed by atoms with Crippen molar-refractivity contribution in [1.82, 2.24) is 5.32 Å². The number of rotatable bonds is 0. The van der Waals surface area contributed by atoms with Gasteiger partial charge < -0.3 is 0 Å². The number of azo groups is 2. The van der Waals surface area contributed by atoms with Crippen LogP contribution in [0.1, 0.15) is 13.8 Å². The van der Waals surface area contributed by atoms with Crippen molar-refractivity contribution in [3.63, 3.8) is 0 Å². The molecule has 4 nitrogen and oxygen atoms in total. The summed E-state index contributed by atoms with van der Waals surface area (Å²) in [5, 5.41) is 6.64. The van der Waals surface area contributed by atoms with Crippen molar-refractivity contribution in [3.05, 3.63) is 0 Å². The molecule has 0 spiro atoms. The van der Waals surface area contributed by atoms with Crippen molar-refractivity contribution in [2.75, 3.05) is 7.05 Å². The first-order chi connectivity index (χ1) is 4.01. The zero-order valence-corrected chi connectivity index (χ0v) is 5.80. The fourth-order valence-corrected chi connectivity index (χ4v) is 0.788. The highest BCUT2D eigenvalue weighted by Crippen LogP contribution is 2.09. The lowest BCUT2D eigenvalue weighted by atomic mass is 10.3. The summed E-state index contributed by atoms with van der Waals surface area (Å²) in [5.74, 6) is 0. The van der Waals surface area contributed by atoms with Crippen molar-refractivity contribution in [1.29, 1.82) is 0 Å². The summed E-state index contributed by atoms with van der Waals surface area (Å²) < 4.78 is 1.31. The van der Waals surface area contributed by atoms with Crippen molar-refractivity contribution in [2.24, 2.45) is 5.11 Å². The van der Waals surface area contributed by atoms with Gasteiger partial charge in [-0.1, -0.05) is 5.11 Å². The van der Waals surface area contributed by atoms with E-state index in [9.17, 15) is 4.79 Å². The van der Waals surface area contributed by atoms with Crippen molar-refractivity contribution in [2.45, 2.75) is 19.5 Å². The number of carbonyl (C=O) groups is 1. The van der Waals surface area contributed by atoms with Gasteiger partial charge in [-0.05, 0) is 0 Å². The summed E-state index contributed by atoms with van der Waals surface area (Å²) in [4.78, 5) is 10.7. The Balaban J connectivity index is 2.86. The van der Waals surface area contributed by atoms with Crippen molar-refractivity contribution in [3.8, 4) is 0 Å². The smallest absolute Gasteiger partial charge is 0.208 e. The minimum absolute atomic E-state index is 0.139. The normalized spacial score (nSPS) is 23.4. The second-order valence-electron chi connectivity index (χ2n) is 2.61. The van der Waals surface area contributed by atoms with E-state index in [0.717, 1.165) is 0 Å². The standard InChI is InChI=1S/C5H9N3O/c1-5(2)6-4(9)8(3)7-5/h1-3H3/p+1. The fourth-order valence-electron chi connectivity index (χ4n) is 0.788. The fraction of sp³-hybridized carbons (Fsp3) is 0.800. The highest BCUT2D eigenvalue weighted by Gasteiger charge is 2.36. The van der Waals surface area contributed by atoms with Gasteiger partial charge in [0.2, 0.25) is 5.66 Å². The van der Waals surface area contributed by atoms with E-state index in [4.69, 9.17) is 0 Å². The van der Waals surface area contributed by atoms with Crippen LogP contribution in [0.2, 0.25) is 0 Å². The summed E-state index contributed by atoms with van der Waals surface area (Å²) in [7, 11) is 1.63. The summed E-state index contributed by atoms with van der Waals surface area (Å²) in [6.45, 7) is 3.68. The van der Waals surface area contributed by atoms with Gasteiger partial charge in [-0.3, -0.25) is 0 Å². The monoisotopic (exact) mass is 128 g/mol. The molecule has 1 rings (SSSR count). The molecule has 0 aromatic carbocycles. The summed E-state index contributed by atoms with van der Waals surface area (Å²) in [6.07, 6.45) is 0. The van der Waals surface area contributed by atoms with Crippen LogP contribution in [0.4, 0.5) is 4.79 Å². The zero-order valence-electron chi connectivity index (χ0n) is 5.80. The average molecular weight is 128 g/mol. The second kappa shape index (κ2) is 1.52. The molecule has 0 atom stereocenters. The molecule has 1 N–H and O–H groups in total. The number of urea groups is 1. The molecule has 0 bridgehead atoms. The van der Waals surface area contributed by atoms with Crippen LogP contribution in [0.15, 0.2) is 5.11 Å². The second-order valence-corrected chi connectivity index (χ2v) is 2.61. The van der Waals surface area contributed by atoms with Gasteiger partial charge in [-0.25, -0.2) is 5.32 Å². The van der Waals surface area contributed by atoms with Gasteiger partial charge in [-0.15, -0.1) is 4.70 Å². The maximum absolute atomic E-state index is 10.7. The van der Waals surface area contributed by atoms with Crippen LogP contribution in [0, 0.1) is 0 Å². The molecule has 0 unspecified atom stereocenters. The van der Waals surface area contributed by atoms with E-state index in [2.05, 4.69) is 10.4 Å². The Bertz CT molecular complexity index is 183. The first-order valence-electron chi connectivity index (χ1n) is 2.80. The van der Waals surface area contributed by atoms with Crippen LogP contribution < -0.4 is 5.32 Å². The zero-order chi connectivity index (χ0) is 7.07. The van der Waals surface area contributed by atoms with Crippen LogP contribution >= 0.6 is 0 Å². The Hall–Kier alpha value is -0.930. The van der Waals surface area contributed by atoms with E-state index in [-0.39, 0.29) is 6.03 Å². The number of hydrogen-bond donors (Lipinski definition) is 1. The van der Waals surface area contributed by atoms with E-state index >= 15 is 0 Å². The highest BCUT2D eigenvalue weighted by atomic mass is 16.2.